The van der Waals surface area contributed by atoms with Crippen molar-refractivity contribution in [1.29, 1.82) is 0 Å². The van der Waals surface area contributed by atoms with E-state index in [9.17, 15) is 18.0 Å². The molecule has 0 spiro atoms. The van der Waals surface area contributed by atoms with E-state index < -0.39 is 32.5 Å². The number of amides is 1. The van der Waals surface area contributed by atoms with Gasteiger partial charge in [-0.1, -0.05) is 73.7 Å². The second-order valence-electron chi connectivity index (χ2n) is 7.84. The molecule has 1 amide bonds. The van der Waals surface area contributed by atoms with Crippen molar-refractivity contribution < 1.29 is 22.4 Å². The van der Waals surface area contributed by atoms with Gasteiger partial charge in [0.2, 0.25) is 5.91 Å². The molecule has 1 aromatic rings. The van der Waals surface area contributed by atoms with Crippen LogP contribution in [0, 0.1) is 0 Å². The molecule has 0 aliphatic rings. The van der Waals surface area contributed by atoms with Crippen molar-refractivity contribution in [2.24, 2.45) is 0 Å². The van der Waals surface area contributed by atoms with Crippen LogP contribution in [0.25, 0.3) is 0 Å². The number of hydrogen-bond acceptors (Lipinski definition) is 2. The van der Waals surface area contributed by atoms with E-state index in [2.05, 4.69) is 5.32 Å². The molecule has 0 heterocycles. The van der Waals surface area contributed by atoms with E-state index in [-0.39, 0.29) is 15.9 Å². The first-order valence-corrected chi connectivity index (χ1v) is 12.8. The van der Waals surface area contributed by atoms with Crippen molar-refractivity contribution in [3.63, 3.8) is 0 Å². The largest absolute Gasteiger partial charge is 0.415 e. The zero-order valence-corrected chi connectivity index (χ0v) is 18.9. The number of nitrogens with one attached hydrogen (secondary N) is 1. The van der Waals surface area contributed by atoms with E-state index in [0.717, 1.165) is 5.56 Å². The van der Waals surface area contributed by atoms with Crippen LogP contribution in [0.2, 0.25) is 18.1 Å². The van der Waals surface area contributed by atoms with Crippen molar-refractivity contribution in [2.45, 2.75) is 63.6 Å². The summed E-state index contributed by atoms with van der Waals surface area (Å²) in [6.45, 7) is 9.24. The normalized spacial score (nSPS) is 15.4. The maximum absolute atomic E-state index is 13.9. The Hall–Kier alpha value is -0.613. The maximum Gasteiger partial charge on any atom is 0.415 e. The van der Waals surface area contributed by atoms with Gasteiger partial charge in [-0.3, -0.25) is 4.79 Å². The van der Waals surface area contributed by atoms with E-state index >= 15 is 0 Å². The molecular formula is C18H27F3INO2Si. The first kappa shape index (κ1) is 23.4. The second-order valence-corrected chi connectivity index (χ2v) is 13.4. The van der Waals surface area contributed by atoms with Crippen LogP contribution in [0.5, 0.6) is 0 Å². The summed E-state index contributed by atoms with van der Waals surface area (Å²) in [6, 6.07) is 7.67. The van der Waals surface area contributed by atoms with Crippen molar-refractivity contribution >= 4 is 36.8 Å². The Kier molecular flexibility index (Phi) is 8.16. The lowest BCUT2D eigenvalue weighted by atomic mass is 10.0. The Labute approximate surface area is 168 Å². The van der Waals surface area contributed by atoms with Gasteiger partial charge in [0.05, 0.1) is 10.5 Å². The minimum Gasteiger partial charge on any atom is -0.404 e. The number of carbonyl (C=O) groups excluding carboxylic acids is 1. The molecule has 0 saturated carbocycles. The van der Waals surface area contributed by atoms with E-state index in [4.69, 9.17) is 4.43 Å². The Balaban J connectivity index is 3.22. The van der Waals surface area contributed by atoms with Gasteiger partial charge in [-0.25, -0.2) is 0 Å². The second kappa shape index (κ2) is 9.05. The predicted molar refractivity (Wildman–Crippen MR) is 109 cm³/mol. The van der Waals surface area contributed by atoms with Crippen LogP contribution in [0.3, 0.4) is 0 Å². The van der Waals surface area contributed by atoms with Gasteiger partial charge in [0.15, 0.2) is 14.4 Å². The highest BCUT2D eigenvalue weighted by Gasteiger charge is 2.51. The molecule has 0 radical (unpaired) electrons. The molecule has 0 aliphatic heterocycles. The molecule has 148 valence electrons. The molecule has 3 nitrogen and oxygen atoms in total. The van der Waals surface area contributed by atoms with E-state index in [0.29, 0.717) is 0 Å². The molecule has 1 aromatic carbocycles. The lowest BCUT2D eigenvalue weighted by Gasteiger charge is -2.42. The van der Waals surface area contributed by atoms with Gasteiger partial charge in [0, 0.05) is 0 Å². The van der Waals surface area contributed by atoms with Crippen LogP contribution in [-0.2, 0) is 15.6 Å². The Morgan fingerprint density at radius 2 is 1.73 bits per heavy atom. The minimum atomic E-state index is -4.58. The van der Waals surface area contributed by atoms with Crippen molar-refractivity contribution in [2.75, 3.05) is 4.43 Å². The molecule has 2 atom stereocenters. The third kappa shape index (κ3) is 6.84. The predicted octanol–water partition coefficient (Wildman–Crippen LogP) is 5.10. The monoisotopic (exact) mass is 501 g/mol. The van der Waals surface area contributed by atoms with Crippen LogP contribution in [0.15, 0.2) is 30.3 Å². The van der Waals surface area contributed by atoms with Gasteiger partial charge >= 0.3 is 6.18 Å². The summed E-state index contributed by atoms with van der Waals surface area (Å²) in [5, 5.41) is 2.15. The maximum atomic E-state index is 13.9. The smallest absolute Gasteiger partial charge is 0.404 e. The van der Waals surface area contributed by atoms with Crippen LogP contribution in [0.4, 0.5) is 13.2 Å². The first-order chi connectivity index (χ1) is 11.8. The van der Waals surface area contributed by atoms with Crippen LogP contribution < -0.4 is 5.32 Å². The Bertz CT molecular complexity index is 588. The number of benzene rings is 1. The molecule has 0 bridgehead atoms. The van der Waals surface area contributed by atoms with Gasteiger partial charge in [0.25, 0.3) is 0 Å². The molecule has 0 aromatic heterocycles. The Morgan fingerprint density at radius 1 is 1.19 bits per heavy atom. The Morgan fingerprint density at radius 3 is 2.15 bits per heavy atom. The fraction of sp³-hybridized carbons (Fsp3) is 0.611. The van der Waals surface area contributed by atoms with Crippen LogP contribution in [-0.4, -0.2) is 37.0 Å². The van der Waals surface area contributed by atoms with Crippen molar-refractivity contribution in [3.8, 4) is 0 Å². The quantitative estimate of drug-likeness (QED) is 0.321. The molecule has 8 heteroatoms. The van der Waals surface area contributed by atoms with Gasteiger partial charge < -0.3 is 9.74 Å². The summed E-state index contributed by atoms with van der Waals surface area (Å²) >= 11 is 1.84. The van der Waals surface area contributed by atoms with Gasteiger partial charge in [0.1, 0.15) is 0 Å². The summed E-state index contributed by atoms with van der Waals surface area (Å²) in [5.41, 5.74) is 0.722. The number of alkyl halides is 4. The average Bonchev–Trinajstić information content (AvgIpc) is 2.50. The van der Waals surface area contributed by atoms with Crippen LogP contribution >= 0.6 is 22.6 Å². The minimum absolute atomic E-state index is 0.0576. The van der Waals surface area contributed by atoms with Gasteiger partial charge in [-0.2, -0.15) is 13.2 Å². The lowest BCUT2D eigenvalue weighted by molar-refractivity contribution is -0.206. The fourth-order valence-electron chi connectivity index (χ4n) is 2.22. The highest BCUT2D eigenvalue weighted by molar-refractivity contribution is 14.1. The molecule has 0 saturated heterocycles. The number of halogens is 4. The molecule has 0 aliphatic carbocycles. The lowest BCUT2D eigenvalue weighted by Crippen LogP contribution is -2.58. The molecular weight excluding hydrogens is 474 g/mol. The zero-order valence-electron chi connectivity index (χ0n) is 15.8. The third-order valence-corrected chi connectivity index (χ3v) is 9.83. The number of carbonyl (C=O) groups is 1. The van der Waals surface area contributed by atoms with Crippen molar-refractivity contribution in [3.05, 3.63) is 35.9 Å². The fourth-order valence-corrected chi connectivity index (χ4v) is 3.72. The summed E-state index contributed by atoms with van der Waals surface area (Å²) < 4.78 is 47.5. The molecule has 1 rings (SSSR count). The molecule has 0 fully saturated rings. The zero-order chi connectivity index (χ0) is 20.2. The van der Waals surface area contributed by atoms with Gasteiger partial charge in [-0.15, -0.1) is 0 Å². The number of hydrogen-bond donors (Lipinski definition) is 1. The van der Waals surface area contributed by atoms with E-state index in [1.54, 1.807) is 43.4 Å². The van der Waals surface area contributed by atoms with Crippen LogP contribution in [0.1, 0.15) is 26.3 Å². The standard InChI is InChI=1S/C18H27F3INO2Si/c1-17(2,3)26(4,5)25-16(18(19,20)21)14(23-15(24)12-22)11-13-9-7-6-8-10-13/h6-10,14,16H,11-12H2,1-5H3,(H,23,24). The summed E-state index contributed by atoms with van der Waals surface area (Å²) in [5.74, 6) is -0.431. The molecule has 1 N–H and O–H groups in total. The van der Waals surface area contributed by atoms with E-state index in [1.807, 2.05) is 43.4 Å². The summed E-state index contributed by atoms with van der Waals surface area (Å²) in [6.07, 6.45) is -6.56. The number of rotatable bonds is 7. The highest BCUT2D eigenvalue weighted by atomic mass is 127. The first-order valence-electron chi connectivity index (χ1n) is 8.41. The molecule has 26 heavy (non-hydrogen) atoms. The SMILES string of the molecule is CC(C)(C)[Si](C)(C)OC(C(Cc1ccccc1)NC(=O)CI)C(F)(F)F. The summed E-state index contributed by atoms with van der Waals surface area (Å²) in [7, 11) is -2.69. The molecule has 2 unspecified atom stereocenters. The average molecular weight is 501 g/mol. The van der Waals surface area contributed by atoms with Crippen molar-refractivity contribution in [1.82, 2.24) is 5.32 Å². The highest BCUT2D eigenvalue weighted by Crippen LogP contribution is 2.40. The summed E-state index contributed by atoms with van der Waals surface area (Å²) in [4.78, 5) is 11.9. The topological polar surface area (TPSA) is 38.3 Å². The van der Waals surface area contributed by atoms with Gasteiger partial charge in [-0.05, 0) is 30.1 Å². The van der Waals surface area contributed by atoms with E-state index in [1.165, 1.54) is 0 Å². The third-order valence-electron chi connectivity index (χ3n) is 4.68.